The van der Waals surface area contributed by atoms with E-state index in [0.29, 0.717) is 6.54 Å². The molecule has 1 saturated carbocycles. The van der Waals surface area contributed by atoms with Crippen LogP contribution in [0.15, 0.2) is 12.3 Å². The number of aliphatic hydroxyl groups excluding tert-OH is 1. The van der Waals surface area contributed by atoms with Gasteiger partial charge in [0.1, 0.15) is 6.54 Å². The van der Waals surface area contributed by atoms with Crippen LogP contribution < -0.4 is 0 Å². The van der Waals surface area contributed by atoms with Crippen molar-refractivity contribution in [1.82, 2.24) is 14.7 Å². The first kappa shape index (κ1) is 15.4. The molecule has 0 bridgehead atoms. The molecular weight excluding hydrogens is 276 g/mol. The van der Waals surface area contributed by atoms with Gasteiger partial charge in [-0.2, -0.15) is 4.68 Å². The SMILES string of the molecule is O=C(Cn1ccc([N+](=O)[O-])n1)N(CCO)C1CCCCC1. The van der Waals surface area contributed by atoms with E-state index in [0.717, 1.165) is 25.7 Å². The predicted octanol–water partition coefficient (Wildman–Crippen LogP) is 0.945. The summed E-state index contributed by atoms with van der Waals surface area (Å²) in [7, 11) is 0. The molecule has 8 heteroatoms. The van der Waals surface area contributed by atoms with Crippen LogP contribution in [0.1, 0.15) is 32.1 Å². The molecular formula is C13H20N4O4. The van der Waals surface area contributed by atoms with Crippen LogP contribution in [0.25, 0.3) is 0 Å². The third-order valence-corrected chi connectivity index (χ3v) is 3.79. The molecule has 0 aliphatic heterocycles. The molecule has 0 saturated heterocycles. The minimum atomic E-state index is -0.590. The minimum absolute atomic E-state index is 0.0374. The van der Waals surface area contributed by atoms with Gasteiger partial charge in [-0.15, -0.1) is 0 Å². The fourth-order valence-corrected chi connectivity index (χ4v) is 2.78. The standard InChI is InChI=1S/C13H20N4O4/c18-9-8-16(11-4-2-1-3-5-11)13(19)10-15-7-6-12(14-15)17(20)21/h6-7,11,18H,1-5,8-10H2. The number of hydrogen-bond acceptors (Lipinski definition) is 5. The first-order chi connectivity index (χ1) is 10.1. The van der Waals surface area contributed by atoms with Gasteiger partial charge in [0.05, 0.1) is 24.0 Å². The maximum Gasteiger partial charge on any atom is 0.389 e. The Kier molecular flexibility index (Phi) is 5.26. The summed E-state index contributed by atoms with van der Waals surface area (Å²) in [5, 5.41) is 23.5. The second-order valence-corrected chi connectivity index (χ2v) is 5.23. The van der Waals surface area contributed by atoms with E-state index in [2.05, 4.69) is 5.10 Å². The van der Waals surface area contributed by atoms with Gasteiger partial charge in [-0.25, -0.2) is 0 Å². The average Bonchev–Trinajstić information content (AvgIpc) is 2.94. The van der Waals surface area contributed by atoms with Crippen molar-refractivity contribution in [2.45, 2.75) is 44.7 Å². The van der Waals surface area contributed by atoms with E-state index in [9.17, 15) is 14.9 Å². The molecule has 0 unspecified atom stereocenters. The first-order valence-corrected chi connectivity index (χ1v) is 7.20. The smallest absolute Gasteiger partial charge is 0.389 e. The third-order valence-electron chi connectivity index (χ3n) is 3.79. The van der Waals surface area contributed by atoms with Crippen LogP contribution in [0.2, 0.25) is 0 Å². The van der Waals surface area contributed by atoms with Gasteiger partial charge in [0, 0.05) is 12.6 Å². The van der Waals surface area contributed by atoms with Gasteiger partial charge in [0.2, 0.25) is 5.91 Å². The lowest BCUT2D eigenvalue weighted by Gasteiger charge is -2.33. The Hall–Kier alpha value is -1.96. The summed E-state index contributed by atoms with van der Waals surface area (Å²) < 4.78 is 1.27. The van der Waals surface area contributed by atoms with Crippen LogP contribution in [-0.2, 0) is 11.3 Å². The molecule has 116 valence electrons. The summed E-state index contributed by atoms with van der Waals surface area (Å²) in [5.74, 6) is -0.428. The molecule has 1 N–H and O–H groups in total. The van der Waals surface area contributed by atoms with Crippen molar-refractivity contribution in [2.75, 3.05) is 13.2 Å². The van der Waals surface area contributed by atoms with Gasteiger partial charge in [-0.05, 0) is 17.8 Å². The number of nitro groups is 1. The Morgan fingerprint density at radius 3 is 2.76 bits per heavy atom. The summed E-state index contributed by atoms with van der Waals surface area (Å²) in [4.78, 5) is 24.0. The predicted molar refractivity (Wildman–Crippen MR) is 74.6 cm³/mol. The quantitative estimate of drug-likeness (QED) is 0.622. The van der Waals surface area contributed by atoms with Crippen molar-refractivity contribution in [1.29, 1.82) is 0 Å². The maximum atomic E-state index is 12.4. The lowest BCUT2D eigenvalue weighted by atomic mass is 9.94. The van der Waals surface area contributed by atoms with E-state index in [1.807, 2.05) is 0 Å². The van der Waals surface area contributed by atoms with E-state index >= 15 is 0 Å². The number of hydrogen-bond donors (Lipinski definition) is 1. The summed E-state index contributed by atoms with van der Waals surface area (Å²) in [6.45, 7) is 0.179. The van der Waals surface area contributed by atoms with E-state index in [4.69, 9.17) is 5.11 Å². The van der Waals surface area contributed by atoms with Crippen LogP contribution in [0.3, 0.4) is 0 Å². The van der Waals surface area contributed by atoms with Crippen molar-refractivity contribution in [3.05, 3.63) is 22.4 Å². The van der Waals surface area contributed by atoms with Gasteiger partial charge in [-0.3, -0.25) is 4.79 Å². The zero-order valence-corrected chi connectivity index (χ0v) is 11.8. The van der Waals surface area contributed by atoms with E-state index in [1.165, 1.54) is 23.4 Å². The van der Waals surface area contributed by atoms with Crippen LogP contribution in [0.4, 0.5) is 5.82 Å². The molecule has 0 radical (unpaired) electrons. The van der Waals surface area contributed by atoms with Crippen molar-refractivity contribution < 1.29 is 14.8 Å². The van der Waals surface area contributed by atoms with Crippen LogP contribution in [-0.4, -0.2) is 49.8 Å². The van der Waals surface area contributed by atoms with Crippen molar-refractivity contribution >= 4 is 11.7 Å². The zero-order valence-electron chi connectivity index (χ0n) is 11.8. The highest BCUT2D eigenvalue weighted by Crippen LogP contribution is 2.22. The number of carbonyl (C=O) groups excluding carboxylic acids is 1. The van der Waals surface area contributed by atoms with Crippen LogP contribution in [0, 0.1) is 10.1 Å². The summed E-state index contributed by atoms with van der Waals surface area (Å²) in [6.07, 6.45) is 6.69. The Bertz CT molecular complexity index is 496. The molecule has 2 rings (SSSR count). The molecule has 0 atom stereocenters. The monoisotopic (exact) mass is 296 g/mol. The number of amides is 1. The number of rotatable bonds is 6. The van der Waals surface area contributed by atoms with E-state index in [1.54, 1.807) is 4.90 Å². The zero-order chi connectivity index (χ0) is 15.2. The molecule has 1 aliphatic rings. The highest BCUT2D eigenvalue weighted by Gasteiger charge is 2.26. The molecule has 1 fully saturated rings. The number of aliphatic hydroxyl groups is 1. The van der Waals surface area contributed by atoms with Crippen molar-refractivity contribution in [3.63, 3.8) is 0 Å². The molecule has 21 heavy (non-hydrogen) atoms. The average molecular weight is 296 g/mol. The normalized spacial score (nSPS) is 15.9. The Labute approximate surface area is 122 Å². The summed E-state index contributed by atoms with van der Waals surface area (Å²) in [6, 6.07) is 1.42. The Morgan fingerprint density at radius 2 is 2.19 bits per heavy atom. The molecule has 8 nitrogen and oxygen atoms in total. The summed E-state index contributed by atoms with van der Waals surface area (Å²) >= 11 is 0. The molecule has 0 aromatic carbocycles. The van der Waals surface area contributed by atoms with E-state index < -0.39 is 4.92 Å². The maximum absolute atomic E-state index is 12.4. The number of carbonyl (C=O) groups is 1. The Balaban J connectivity index is 2.01. The lowest BCUT2D eigenvalue weighted by Crippen LogP contribution is -2.44. The molecule has 1 amide bonds. The van der Waals surface area contributed by atoms with Gasteiger partial charge in [0.25, 0.3) is 0 Å². The van der Waals surface area contributed by atoms with Crippen LogP contribution >= 0.6 is 0 Å². The van der Waals surface area contributed by atoms with Gasteiger partial charge >= 0.3 is 5.82 Å². The number of aromatic nitrogens is 2. The second-order valence-electron chi connectivity index (χ2n) is 5.23. The third kappa shape index (κ3) is 4.01. The molecule has 0 spiro atoms. The van der Waals surface area contributed by atoms with Crippen molar-refractivity contribution in [2.24, 2.45) is 0 Å². The minimum Gasteiger partial charge on any atom is -0.395 e. The fraction of sp³-hybridized carbons (Fsp3) is 0.692. The first-order valence-electron chi connectivity index (χ1n) is 7.20. The van der Waals surface area contributed by atoms with Crippen molar-refractivity contribution in [3.8, 4) is 0 Å². The second kappa shape index (κ2) is 7.16. The highest BCUT2D eigenvalue weighted by molar-refractivity contribution is 5.76. The van der Waals surface area contributed by atoms with Gasteiger partial charge in [0.15, 0.2) is 0 Å². The lowest BCUT2D eigenvalue weighted by molar-refractivity contribution is -0.389. The fourth-order valence-electron chi connectivity index (χ4n) is 2.78. The topological polar surface area (TPSA) is 102 Å². The van der Waals surface area contributed by atoms with Gasteiger partial charge in [-0.1, -0.05) is 19.3 Å². The van der Waals surface area contributed by atoms with Gasteiger partial charge < -0.3 is 20.1 Å². The summed E-state index contributed by atoms with van der Waals surface area (Å²) in [5.41, 5.74) is 0. The van der Waals surface area contributed by atoms with E-state index in [-0.39, 0.29) is 30.9 Å². The number of nitrogens with zero attached hydrogens (tertiary/aromatic N) is 4. The largest absolute Gasteiger partial charge is 0.395 e. The molecule has 1 aliphatic carbocycles. The molecule has 1 aromatic rings. The highest BCUT2D eigenvalue weighted by atomic mass is 16.6. The Morgan fingerprint density at radius 1 is 1.48 bits per heavy atom. The molecule has 1 aromatic heterocycles. The molecule has 1 heterocycles. The van der Waals surface area contributed by atoms with Crippen LogP contribution in [0.5, 0.6) is 0 Å².